The zero-order chi connectivity index (χ0) is 75.2. The number of halogens is 1. The molecule has 3 saturated heterocycles. The lowest BCUT2D eigenvalue weighted by Crippen LogP contribution is -2.41. The van der Waals surface area contributed by atoms with Crippen LogP contribution in [0, 0.1) is 0 Å². The average Bonchev–Trinajstić information content (AvgIpc) is 1.53. The average molecular weight is 1480 g/mol. The third-order valence-electron chi connectivity index (χ3n) is 21.8. The molecule has 0 N–H and O–H groups in total. The van der Waals surface area contributed by atoms with Gasteiger partial charge in [0.15, 0.2) is 34.9 Å². The van der Waals surface area contributed by atoms with Gasteiger partial charge in [-0.2, -0.15) is 0 Å². The molecule has 0 unspecified atom stereocenters. The lowest BCUT2D eigenvalue weighted by atomic mass is 9.49. The Morgan fingerprint density at radius 3 is 0.657 bits per heavy atom. The van der Waals surface area contributed by atoms with Crippen molar-refractivity contribution in [2.75, 3.05) is 0 Å². The van der Waals surface area contributed by atoms with Crippen molar-refractivity contribution in [2.45, 2.75) is 117 Å². The SMILES string of the molecule is Brc1ccc(-c2ccc(-c3ccc(-c4nc(-c5ccccc5)nc(-c5ccccc5)n4)cc3)c3ccccc23)cc1.CC1(C)OB(B2OC(C)(C)C(C)(C)O2)OC1(C)C.CC1(C)OB(c2ccc(-c3ccc(-c4ccc(-c5nc(-c6ccccc6)nc(-c6ccccc6)n5)cc4)c4ccccc34)cc2)OC1(C)C. The number of hydrogen-bond donors (Lipinski definition) is 0. The Balaban J connectivity index is 0.000000142. The van der Waals surface area contributed by atoms with E-state index < -0.39 is 14.0 Å². The molecule has 0 saturated carbocycles. The lowest BCUT2D eigenvalue weighted by Gasteiger charge is -2.32. The summed E-state index contributed by atoms with van der Waals surface area (Å²) in [4.78, 5) is 29.2. The summed E-state index contributed by atoms with van der Waals surface area (Å²) >= 11 is 3.55. The Labute approximate surface area is 643 Å². The second-order valence-electron chi connectivity index (χ2n) is 30.6. The maximum atomic E-state index is 6.29. The molecule has 17 rings (SSSR count). The topological polar surface area (TPSA) is 133 Å². The number of fused-ring (bicyclic) bond motifs is 2. The third kappa shape index (κ3) is 15.0. The van der Waals surface area contributed by atoms with Crippen LogP contribution in [-0.4, -0.2) is 84.6 Å². The molecular formula is C92H84B3BrN6O6. The highest BCUT2D eigenvalue weighted by Gasteiger charge is 2.64. The summed E-state index contributed by atoms with van der Waals surface area (Å²) in [5.41, 5.74) is 13.9. The van der Waals surface area contributed by atoms with Gasteiger partial charge in [-0.15, -0.1) is 0 Å². The second-order valence-corrected chi connectivity index (χ2v) is 31.5. The van der Waals surface area contributed by atoms with Crippen molar-refractivity contribution in [2.24, 2.45) is 0 Å². The van der Waals surface area contributed by atoms with Crippen molar-refractivity contribution in [3.05, 3.63) is 296 Å². The van der Waals surface area contributed by atoms with Crippen molar-refractivity contribution in [3.8, 4) is 113 Å². The highest BCUT2D eigenvalue weighted by Crippen LogP contribution is 2.45. The van der Waals surface area contributed by atoms with Gasteiger partial charge in [-0.05, 0) is 167 Å². The normalized spacial score (nSPS) is 16.4. The highest BCUT2D eigenvalue weighted by atomic mass is 79.9. The zero-order valence-corrected chi connectivity index (χ0v) is 64.5. The highest BCUT2D eigenvalue weighted by molar-refractivity contribution is 9.10. The summed E-state index contributed by atoms with van der Waals surface area (Å²) in [5, 5.41) is 4.85. The van der Waals surface area contributed by atoms with E-state index in [0.29, 0.717) is 34.9 Å². The molecule has 0 amide bonds. The van der Waals surface area contributed by atoms with Crippen LogP contribution in [-0.2, 0) is 27.9 Å². The molecule has 5 heterocycles. The summed E-state index contributed by atoms with van der Waals surface area (Å²) in [5.74, 6) is 3.92. The van der Waals surface area contributed by atoms with E-state index in [2.05, 4.69) is 213 Å². The van der Waals surface area contributed by atoms with Crippen LogP contribution in [0.3, 0.4) is 0 Å². The smallest absolute Gasteiger partial charge is 0.405 e. The zero-order valence-electron chi connectivity index (χ0n) is 63.0. The number of rotatable bonds is 12. The van der Waals surface area contributed by atoms with E-state index in [9.17, 15) is 0 Å². The fourth-order valence-corrected chi connectivity index (χ4v) is 13.8. The summed E-state index contributed by atoms with van der Waals surface area (Å²) in [6.07, 6.45) is 0. The van der Waals surface area contributed by atoms with Gasteiger partial charge in [0.25, 0.3) is 0 Å². The molecule has 12 aromatic carbocycles. The predicted molar refractivity (Wildman–Crippen MR) is 445 cm³/mol. The van der Waals surface area contributed by atoms with Gasteiger partial charge in [0.1, 0.15) is 0 Å². The van der Waals surface area contributed by atoms with Crippen LogP contribution in [0.4, 0.5) is 0 Å². The van der Waals surface area contributed by atoms with Crippen LogP contribution in [0.5, 0.6) is 0 Å². The number of nitrogens with zero attached hydrogens (tertiary/aromatic N) is 6. The quantitative estimate of drug-likeness (QED) is 0.108. The van der Waals surface area contributed by atoms with Crippen molar-refractivity contribution in [1.82, 2.24) is 29.9 Å². The van der Waals surface area contributed by atoms with Crippen molar-refractivity contribution < 1.29 is 27.9 Å². The molecule has 0 spiro atoms. The van der Waals surface area contributed by atoms with E-state index in [1.807, 2.05) is 177 Å². The van der Waals surface area contributed by atoms with Crippen LogP contribution in [0.2, 0.25) is 0 Å². The first kappa shape index (κ1) is 73.1. The molecule has 534 valence electrons. The summed E-state index contributed by atoms with van der Waals surface area (Å²) in [6, 6.07) is 100. The fourth-order valence-electron chi connectivity index (χ4n) is 13.5. The first-order valence-electron chi connectivity index (χ1n) is 36.8. The molecule has 0 radical (unpaired) electrons. The van der Waals surface area contributed by atoms with E-state index in [0.717, 1.165) is 60.0 Å². The Morgan fingerprint density at radius 1 is 0.213 bits per heavy atom. The van der Waals surface area contributed by atoms with Crippen LogP contribution < -0.4 is 5.46 Å². The van der Waals surface area contributed by atoms with Gasteiger partial charge < -0.3 is 27.9 Å². The minimum absolute atomic E-state index is 0.360. The van der Waals surface area contributed by atoms with Gasteiger partial charge >= 0.3 is 21.1 Å². The molecule has 0 atom stereocenters. The lowest BCUT2D eigenvalue weighted by molar-refractivity contribution is 0.00578. The van der Waals surface area contributed by atoms with Gasteiger partial charge in [0.05, 0.1) is 33.6 Å². The van der Waals surface area contributed by atoms with Crippen LogP contribution in [0.1, 0.15) is 83.1 Å². The van der Waals surface area contributed by atoms with Gasteiger partial charge in [-0.3, -0.25) is 0 Å². The molecule has 3 aliphatic rings. The molecule has 2 aromatic heterocycles. The minimum atomic E-state index is -0.476. The summed E-state index contributed by atoms with van der Waals surface area (Å²) in [7, 11) is -1.33. The molecule has 108 heavy (non-hydrogen) atoms. The minimum Gasteiger partial charge on any atom is -0.405 e. The first-order valence-corrected chi connectivity index (χ1v) is 37.6. The molecule has 3 fully saturated rings. The molecule has 0 bridgehead atoms. The molecule has 3 aliphatic heterocycles. The Morgan fingerprint density at radius 2 is 0.407 bits per heavy atom. The van der Waals surface area contributed by atoms with Gasteiger partial charge in [0, 0.05) is 37.9 Å². The van der Waals surface area contributed by atoms with Crippen molar-refractivity contribution in [3.63, 3.8) is 0 Å². The van der Waals surface area contributed by atoms with Gasteiger partial charge in [0.2, 0.25) is 0 Å². The molecule has 12 nitrogen and oxygen atoms in total. The van der Waals surface area contributed by atoms with E-state index in [1.54, 1.807) is 0 Å². The third-order valence-corrected chi connectivity index (χ3v) is 22.4. The fraction of sp³-hybridized carbons (Fsp3) is 0.196. The molecular weight excluding hydrogens is 1400 g/mol. The van der Waals surface area contributed by atoms with Gasteiger partial charge in [-0.1, -0.05) is 295 Å². The van der Waals surface area contributed by atoms with Crippen LogP contribution in [0.25, 0.3) is 134 Å². The second kappa shape index (κ2) is 29.6. The van der Waals surface area contributed by atoms with Crippen LogP contribution >= 0.6 is 15.9 Å². The van der Waals surface area contributed by atoms with E-state index >= 15 is 0 Å². The largest absolute Gasteiger partial charge is 0.494 e. The maximum absolute atomic E-state index is 6.29. The number of aromatic nitrogens is 6. The van der Waals surface area contributed by atoms with Gasteiger partial charge in [-0.25, -0.2) is 29.9 Å². The maximum Gasteiger partial charge on any atom is 0.494 e. The summed E-state index contributed by atoms with van der Waals surface area (Å²) < 4.78 is 37.5. The Bertz CT molecular complexity index is 5350. The van der Waals surface area contributed by atoms with E-state index in [1.165, 1.54) is 49.4 Å². The summed E-state index contributed by atoms with van der Waals surface area (Å²) in [6.45, 7) is 24.5. The number of hydrogen-bond acceptors (Lipinski definition) is 12. The van der Waals surface area contributed by atoms with E-state index in [-0.39, 0.29) is 40.7 Å². The standard InChI is InChI=1S/C43H36BN3O2.C37H24BrN3.C12H24B2O4/c1-42(2)43(3,4)49-44(48-42)34-25-23-30(24-26-34)36-28-27-35(37-17-11-12-18-38(36)37)29-19-21-33(22-20-29)41-46-39(31-13-7-5-8-14-31)45-40(47-41)32-15-9-6-10-16-32;38-30-21-19-26(20-22-30)32-24-23-31(33-13-7-8-14-34(32)33)25-15-17-29(18-16-25)37-40-35(27-9-3-1-4-10-27)39-36(41-37)28-11-5-2-6-12-28;1-9(2)10(3,4)16-13(15-9)14-17-11(5,6)12(7,8)18-14/h5-28H,1-4H3;1-24H;1-8H3. The Hall–Kier alpha value is -10.4. The molecule has 0 aliphatic carbocycles. The monoisotopic (exact) mass is 1480 g/mol. The molecule has 14 aromatic rings. The van der Waals surface area contributed by atoms with Crippen molar-refractivity contribution in [1.29, 1.82) is 0 Å². The Kier molecular flexibility index (Phi) is 20.1. The predicted octanol–water partition coefficient (Wildman–Crippen LogP) is 22.0. The van der Waals surface area contributed by atoms with E-state index in [4.69, 9.17) is 57.8 Å². The van der Waals surface area contributed by atoms with Crippen LogP contribution in [0.15, 0.2) is 296 Å². The number of benzene rings is 12. The molecule has 16 heteroatoms. The first-order chi connectivity index (χ1) is 51.9. The van der Waals surface area contributed by atoms with Crippen molar-refractivity contribution >= 4 is 64.1 Å².